The molecular formula is C45H28O. The predicted molar refractivity (Wildman–Crippen MR) is 190 cm³/mol. The molecule has 1 atom stereocenters. The maximum absolute atomic E-state index is 6.50. The maximum Gasteiger partial charge on any atom is 0.136 e. The number of hydrogen-bond donors (Lipinski definition) is 0. The Morgan fingerprint density at radius 2 is 1.09 bits per heavy atom. The van der Waals surface area contributed by atoms with Gasteiger partial charge in [-0.25, -0.2) is 0 Å². The van der Waals surface area contributed by atoms with Crippen molar-refractivity contribution in [3.8, 4) is 44.9 Å². The number of fused-ring (bicyclic) bond motifs is 7. The van der Waals surface area contributed by atoms with Crippen LogP contribution in [0.1, 0.15) is 22.3 Å². The maximum atomic E-state index is 6.50. The van der Waals surface area contributed by atoms with E-state index in [0.717, 1.165) is 22.6 Å². The molecule has 8 aromatic carbocycles. The average Bonchev–Trinajstić information content (AvgIpc) is 3.44. The molecular weight excluding hydrogens is 556 g/mol. The number of benzene rings is 8. The van der Waals surface area contributed by atoms with E-state index in [1.807, 2.05) is 6.07 Å². The second-order valence-corrected chi connectivity index (χ2v) is 12.4. The Hall–Kier alpha value is -5.92. The third kappa shape index (κ3) is 3.40. The molecule has 46 heavy (non-hydrogen) atoms. The molecule has 0 spiro atoms. The summed E-state index contributed by atoms with van der Waals surface area (Å²) in [5.41, 5.74) is 12.1. The zero-order valence-corrected chi connectivity index (χ0v) is 25.1. The van der Waals surface area contributed by atoms with Gasteiger partial charge in [-0.05, 0) is 84.4 Å². The van der Waals surface area contributed by atoms with Crippen LogP contribution in [-0.4, -0.2) is 0 Å². The first-order valence-corrected chi connectivity index (χ1v) is 15.9. The van der Waals surface area contributed by atoms with Gasteiger partial charge in [0.1, 0.15) is 11.5 Å². The largest absolute Gasteiger partial charge is 0.456 e. The van der Waals surface area contributed by atoms with Gasteiger partial charge in [-0.2, -0.15) is 0 Å². The Morgan fingerprint density at radius 1 is 0.391 bits per heavy atom. The van der Waals surface area contributed by atoms with E-state index in [1.165, 1.54) is 66.1 Å². The smallest absolute Gasteiger partial charge is 0.136 e. The van der Waals surface area contributed by atoms with Gasteiger partial charge in [-0.15, -0.1) is 0 Å². The minimum atomic E-state index is -0.438. The number of para-hydroxylation sites is 1. The average molecular weight is 585 g/mol. The quantitative estimate of drug-likeness (QED) is 0.201. The highest BCUT2D eigenvalue weighted by Gasteiger charge is 2.46. The van der Waals surface area contributed by atoms with Crippen LogP contribution in [0.25, 0.3) is 54.9 Å². The predicted octanol–water partition coefficient (Wildman–Crippen LogP) is 11.8. The Bertz CT molecular complexity index is 2490. The van der Waals surface area contributed by atoms with Gasteiger partial charge in [0.05, 0.1) is 5.41 Å². The first kappa shape index (κ1) is 25.4. The lowest BCUT2D eigenvalue weighted by Gasteiger charge is -2.34. The van der Waals surface area contributed by atoms with Gasteiger partial charge in [0.25, 0.3) is 0 Å². The van der Waals surface area contributed by atoms with E-state index in [4.69, 9.17) is 4.74 Å². The topological polar surface area (TPSA) is 9.23 Å². The summed E-state index contributed by atoms with van der Waals surface area (Å²) in [4.78, 5) is 0. The van der Waals surface area contributed by atoms with E-state index < -0.39 is 5.41 Å². The van der Waals surface area contributed by atoms with Crippen LogP contribution >= 0.6 is 0 Å². The summed E-state index contributed by atoms with van der Waals surface area (Å²) in [6.07, 6.45) is 0. The molecule has 0 N–H and O–H groups in total. The van der Waals surface area contributed by atoms with Crippen molar-refractivity contribution in [2.45, 2.75) is 5.41 Å². The molecule has 0 bridgehead atoms. The Balaban J connectivity index is 1.18. The van der Waals surface area contributed by atoms with Gasteiger partial charge < -0.3 is 4.74 Å². The van der Waals surface area contributed by atoms with Gasteiger partial charge in [0, 0.05) is 10.9 Å². The molecule has 1 nitrogen and oxygen atoms in total. The Kier molecular flexibility index (Phi) is 5.27. The van der Waals surface area contributed by atoms with Crippen LogP contribution < -0.4 is 4.74 Å². The fourth-order valence-corrected chi connectivity index (χ4v) is 8.19. The van der Waals surface area contributed by atoms with E-state index in [0.29, 0.717) is 0 Å². The summed E-state index contributed by atoms with van der Waals surface area (Å²) < 4.78 is 6.50. The lowest BCUT2D eigenvalue weighted by molar-refractivity contribution is 0.487. The molecule has 10 rings (SSSR count). The highest BCUT2D eigenvalue weighted by Crippen LogP contribution is 2.58. The molecule has 1 heteroatoms. The second kappa shape index (κ2) is 9.54. The van der Waals surface area contributed by atoms with E-state index >= 15 is 0 Å². The van der Waals surface area contributed by atoms with E-state index in [-0.39, 0.29) is 0 Å². The molecule has 0 saturated heterocycles. The molecule has 1 aliphatic heterocycles. The van der Waals surface area contributed by atoms with Crippen LogP contribution in [0.4, 0.5) is 0 Å². The van der Waals surface area contributed by atoms with Crippen LogP contribution in [0.3, 0.4) is 0 Å². The van der Waals surface area contributed by atoms with Crippen molar-refractivity contribution in [1.29, 1.82) is 0 Å². The molecule has 214 valence electrons. The SMILES string of the molecule is c1ccc(C2(c3ccc(-c4cc5c6c(cccc6c4)-c4ccccc4O5)cc3)c3ccccc3-c3c2ccc2ccccc32)cc1. The third-order valence-corrected chi connectivity index (χ3v) is 10.1. The minimum absolute atomic E-state index is 0.438. The van der Waals surface area contributed by atoms with Crippen molar-refractivity contribution >= 4 is 21.5 Å². The molecule has 0 radical (unpaired) electrons. The van der Waals surface area contributed by atoms with Crippen molar-refractivity contribution < 1.29 is 4.74 Å². The van der Waals surface area contributed by atoms with E-state index in [2.05, 4.69) is 164 Å². The number of rotatable bonds is 3. The lowest BCUT2D eigenvalue weighted by Crippen LogP contribution is -2.28. The summed E-state index contributed by atoms with van der Waals surface area (Å²) in [5, 5.41) is 4.93. The van der Waals surface area contributed by atoms with Crippen molar-refractivity contribution in [2.24, 2.45) is 0 Å². The Labute approximate surface area is 268 Å². The Morgan fingerprint density at radius 3 is 1.98 bits per heavy atom. The van der Waals surface area contributed by atoms with Crippen LogP contribution in [0.5, 0.6) is 11.5 Å². The van der Waals surface area contributed by atoms with Gasteiger partial charge in [0.15, 0.2) is 0 Å². The van der Waals surface area contributed by atoms with Crippen LogP contribution in [-0.2, 0) is 5.41 Å². The van der Waals surface area contributed by atoms with Crippen molar-refractivity contribution in [3.05, 3.63) is 192 Å². The molecule has 1 aliphatic carbocycles. The highest BCUT2D eigenvalue weighted by molar-refractivity contribution is 6.06. The highest BCUT2D eigenvalue weighted by atomic mass is 16.5. The summed E-state index contributed by atoms with van der Waals surface area (Å²) in [6, 6.07) is 62.1. The van der Waals surface area contributed by atoms with Crippen molar-refractivity contribution in [3.63, 3.8) is 0 Å². The molecule has 0 fully saturated rings. The van der Waals surface area contributed by atoms with Gasteiger partial charge in [0.2, 0.25) is 0 Å². The first-order chi connectivity index (χ1) is 22.8. The van der Waals surface area contributed by atoms with Gasteiger partial charge in [-0.1, -0.05) is 152 Å². The third-order valence-electron chi connectivity index (χ3n) is 10.1. The second-order valence-electron chi connectivity index (χ2n) is 12.4. The summed E-state index contributed by atoms with van der Waals surface area (Å²) in [7, 11) is 0. The van der Waals surface area contributed by atoms with Gasteiger partial charge in [-0.3, -0.25) is 0 Å². The number of hydrogen-bond acceptors (Lipinski definition) is 1. The zero-order chi connectivity index (χ0) is 30.2. The zero-order valence-electron chi connectivity index (χ0n) is 25.1. The minimum Gasteiger partial charge on any atom is -0.456 e. The lowest BCUT2D eigenvalue weighted by atomic mass is 9.67. The fourth-order valence-electron chi connectivity index (χ4n) is 8.19. The first-order valence-electron chi connectivity index (χ1n) is 15.9. The standard InChI is InChI=1S/C45H28O/c1-2-13-33(14-3-1)45(39-19-8-6-17-38(39)44-35-15-5-4-11-30(35)23-26-40(44)45)34-24-21-29(22-25-34)32-27-31-12-10-18-37-36-16-7-9-20-41(36)46-42(28-32)43(31)37/h1-28H. The van der Waals surface area contributed by atoms with Crippen LogP contribution in [0.2, 0.25) is 0 Å². The van der Waals surface area contributed by atoms with Crippen LogP contribution in [0, 0.1) is 0 Å². The summed E-state index contributed by atoms with van der Waals surface area (Å²) in [6.45, 7) is 0. The molecule has 8 aromatic rings. The summed E-state index contributed by atoms with van der Waals surface area (Å²) >= 11 is 0. The molecule has 0 amide bonds. The van der Waals surface area contributed by atoms with Gasteiger partial charge >= 0.3 is 0 Å². The van der Waals surface area contributed by atoms with E-state index in [9.17, 15) is 0 Å². The van der Waals surface area contributed by atoms with E-state index in [1.54, 1.807) is 0 Å². The molecule has 1 unspecified atom stereocenters. The van der Waals surface area contributed by atoms with Crippen LogP contribution in [0.15, 0.2) is 170 Å². The number of ether oxygens (including phenoxy) is 1. The summed E-state index contributed by atoms with van der Waals surface area (Å²) in [5.74, 6) is 1.82. The molecule has 0 aromatic heterocycles. The fraction of sp³-hybridized carbons (Fsp3) is 0.0222. The monoisotopic (exact) mass is 584 g/mol. The molecule has 1 heterocycles. The van der Waals surface area contributed by atoms with Crippen molar-refractivity contribution in [2.75, 3.05) is 0 Å². The van der Waals surface area contributed by atoms with Crippen molar-refractivity contribution in [1.82, 2.24) is 0 Å². The molecule has 0 saturated carbocycles. The molecule has 2 aliphatic rings. The normalized spacial score (nSPS) is 15.7.